The summed E-state index contributed by atoms with van der Waals surface area (Å²) in [6.07, 6.45) is 4.43. The molecule has 0 aliphatic carbocycles. The Labute approximate surface area is 517 Å². The normalized spacial score (nSPS) is 34.7. The second-order valence-electron chi connectivity index (χ2n) is 31.1. The van der Waals surface area contributed by atoms with Crippen LogP contribution in [-0.4, -0.2) is 133 Å². The number of aliphatic hydroxyl groups is 1. The maximum Gasteiger partial charge on any atom is 0.338 e. The smallest absolute Gasteiger partial charge is 0.338 e. The summed E-state index contributed by atoms with van der Waals surface area (Å²) < 4.78 is 64.5. The molecule has 4 saturated heterocycles. The molecule has 0 saturated carbocycles. The zero-order valence-corrected chi connectivity index (χ0v) is 59.4. The number of esters is 2. The van der Waals surface area contributed by atoms with Crippen molar-refractivity contribution in [1.29, 1.82) is 0 Å². The predicted molar refractivity (Wildman–Crippen MR) is 347 cm³/mol. The lowest BCUT2D eigenvalue weighted by molar-refractivity contribution is -0.266. The number of benzene rings is 1. The third-order valence-corrected chi connectivity index (χ3v) is 34.6. The molecular formula is C69H116O13Si3. The van der Waals surface area contributed by atoms with Crippen LogP contribution in [0.3, 0.4) is 0 Å². The van der Waals surface area contributed by atoms with E-state index in [-0.39, 0.29) is 69.5 Å². The lowest BCUT2D eigenvalue weighted by Crippen LogP contribution is -2.69. The first-order valence-electron chi connectivity index (χ1n) is 32.6. The number of Topliss-reactive ketones (excluding diaryl/α,β-unsaturated/α-hetero) is 1. The number of ketones is 1. The SMILES string of the molecule is C=C1CC2CCC(OC(=O)c3ccccc3)/C=C/[C@H](O[Si](C)(C)C(C)(C)C)[C@@H]3O[C@H]4CC[C@H](CC(=O)C[C@@H]5[C@@H](C)[C@@H](C[C@H](C)CC)O[C@H]5C[C@@H](OC(C)=O)C(=C)[C@H](C)C[C@H](O)CC[C@@H]1O2)O[C@@H]4[C@H](O[Si](C)(C)C(C)(C)C)[C@@H]3O[Si](C)(C)C(C)(C)C. The molecule has 0 aromatic heterocycles. The van der Waals surface area contributed by atoms with Gasteiger partial charge in [0, 0.05) is 26.2 Å². The van der Waals surface area contributed by atoms with Crippen LogP contribution in [0.2, 0.25) is 54.4 Å². The van der Waals surface area contributed by atoms with Gasteiger partial charge in [0.05, 0.1) is 54.4 Å². The third kappa shape index (κ3) is 18.7. The highest BCUT2D eigenvalue weighted by atomic mass is 28.4. The zero-order chi connectivity index (χ0) is 63.4. The molecule has 0 amide bonds. The summed E-state index contributed by atoms with van der Waals surface area (Å²) in [5, 5.41) is 11.1. The number of carbonyl (C=O) groups is 3. The number of rotatable bonds is 12. The predicted octanol–water partition coefficient (Wildman–Crippen LogP) is 15.6. The van der Waals surface area contributed by atoms with Crippen molar-refractivity contribution in [3.63, 3.8) is 0 Å². The van der Waals surface area contributed by atoms with Gasteiger partial charge in [0.2, 0.25) is 0 Å². The number of hydrogen-bond donors (Lipinski definition) is 1. The number of aliphatic hydroxyl groups excluding tert-OH is 1. The molecule has 6 aliphatic rings. The van der Waals surface area contributed by atoms with Gasteiger partial charge in [-0.1, -0.05) is 134 Å². The average Bonchev–Trinajstić information content (AvgIpc) is 2.02. The van der Waals surface area contributed by atoms with Gasteiger partial charge in [0.15, 0.2) is 25.0 Å². The highest BCUT2D eigenvalue weighted by Crippen LogP contribution is 2.49. The van der Waals surface area contributed by atoms with E-state index in [0.717, 1.165) is 24.0 Å². The first-order valence-corrected chi connectivity index (χ1v) is 41.4. The minimum absolute atomic E-state index is 0.0682. The largest absolute Gasteiger partial charge is 0.458 e. The van der Waals surface area contributed by atoms with Crippen molar-refractivity contribution in [2.75, 3.05) is 0 Å². The van der Waals surface area contributed by atoms with Crippen LogP contribution < -0.4 is 0 Å². The summed E-state index contributed by atoms with van der Waals surface area (Å²) in [4.78, 5) is 42.0. The molecule has 1 aromatic carbocycles. The molecule has 4 fully saturated rings. The van der Waals surface area contributed by atoms with Crippen LogP contribution in [0.4, 0.5) is 0 Å². The quantitative estimate of drug-likeness (QED) is 0.120. The fourth-order valence-electron chi connectivity index (χ4n) is 12.3. The minimum atomic E-state index is -2.65. The summed E-state index contributed by atoms with van der Waals surface area (Å²) in [6, 6.07) is 9.10. The summed E-state index contributed by atoms with van der Waals surface area (Å²) in [6.45, 7) is 53.0. The molecule has 0 spiro atoms. The van der Waals surface area contributed by atoms with Crippen LogP contribution in [0.5, 0.6) is 0 Å². The highest BCUT2D eigenvalue weighted by molar-refractivity contribution is 6.75. The van der Waals surface area contributed by atoms with E-state index in [9.17, 15) is 19.5 Å². The Morgan fingerprint density at radius 3 is 1.85 bits per heavy atom. The molecule has 6 aliphatic heterocycles. The van der Waals surface area contributed by atoms with Crippen molar-refractivity contribution in [1.82, 2.24) is 0 Å². The number of hydrogen-bond acceptors (Lipinski definition) is 13. The molecule has 85 heavy (non-hydrogen) atoms. The third-order valence-electron chi connectivity index (χ3n) is 21.2. The zero-order valence-electron chi connectivity index (χ0n) is 56.4. The summed E-state index contributed by atoms with van der Waals surface area (Å²) in [5.41, 5.74) is 2.15. The molecule has 7 rings (SSSR count). The summed E-state index contributed by atoms with van der Waals surface area (Å²) in [7, 11) is -7.86. The van der Waals surface area contributed by atoms with E-state index < -0.39 is 97.9 Å². The van der Waals surface area contributed by atoms with Gasteiger partial charge in [-0.3, -0.25) is 9.59 Å². The van der Waals surface area contributed by atoms with Gasteiger partial charge in [-0.2, -0.15) is 0 Å². The molecule has 1 N–H and O–H groups in total. The molecule has 18 atom stereocenters. The molecule has 6 heterocycles. The van der Waals surface area contributed by atoms with Gasteiger partial charge >= 0.3 is 11.9 Å². The highest BCUT2D eigenvalue weighted by Gasteiger charge is 2.58. The Kier molecular flexibility index (Phi) is 24.5. The summed E-state index contributed by atoms with van der Waals surface area (Å²) >= 11 is 0. The maximum absolute atomic E-state index is 15.0. The van der Waals surface area contributed by atoms with Crippen LogP contribution in [0, 0.1) is 23.7 Å². The molecule has 13 nitrogen and oxygen atoms in total. The molecule has 1 aromatic rings. The van der Waals surface area contributed by atoms with Crippen molar-refractivity contribution < 1.29 is 61.2 Å². The standard InChI is InChI=1S/C69H116O13Si3/c1-23-43(2)37-59-47(6)55-41-51(72)40-54-33-35-57-62(76-54)64(81-84(19,20)68(11,12)13)65(82-85(21,22)69(14,15)16)63(79-57)58(80-83(17,18)67(8,9)10)36-32-52(77-66(73)49-27-25-24-26-28-49)30-31-53-39-45(4)56(75-53)34-29-50(71)38-44(3)46(5)60(74-48(7)70)42-61(55)78-59/h24-28,32,36,43-44,47,50,52-65,71H,4-5,23,29-31,33-35,37-42H2,1-3,6-22H3/b36-32+/t43-,44-,47-,50-,52?,53?,54-,55-,56+,57+,58+,59-,60-,61+,62+,63+,64+,65-/m1/s1. The van der Waals surface area contributed by atoms with E-state index in [1.165, 1.54) is 6.92 Å². The second kappa shape index (κ2) is 29.1. The van der Waals surface area contributed by atoms with Gasteiger partial charge in [-0.25, -0.2) is 4.79 Å². The average molecular weight is 1240 g/mol. The van der Waals surface area contributed by atoms with Crippen molar-refractivity contribution in [2.45, 2.75) is 320 Å². The van der Waals surface area contributed by atoms with E-state index in [1.807, 2.05) is 31.2 Å². The molecule has 482 valence electrons. The molecule has 16 heteroatoms. The first kappa shape index (κ1) is 71.5. The fourth-order valence-corrected chi connectivity index (χ4v) is 16.2. The Hall–Kier alpha value is -2.62. The Morgan fingerprint density at radius 2 is 1.26 bits per heavy atom. The molecule has 6 bridgehead atoms. The van der Waals surface area contributed by atoms with Crippen LogP contribution in [0.1, 0.15) is 191 Å². The Morgan fingerprint density at radius 1 is 0.682 bits per heavy atom. The van der Waals surface area contributed by atoms with Gasteiger partial charge in [-0.15, -0.1) is 0 Å². The number of carbonyl (C=O) groups excluding carboxylic acids is 3. The lowest BCUT2D eigenvalue weighted by Gasteiger charge is -2.56. The van der Waals surface area contributed by atoms with E-state index >= 15 is 0 Å². The Balaban J connectivity index is 1.49. The van der Waals surface area contributed by atoms with Gasteiger partial charge in [0.25, 0.3) is 0 Å². The minimum Gasteiger partial charge on any atom is -0.458 e. The summed E-state index contributed by atoms with van der Waals surface area (Å²) in [5.74, 6) is -0.578. The second-order valence-corrected chi connectivity index (χ2v) is 45.3. The number of ether oxygens (including phenoxy) is 6. The molecule has 2 unspecified atom stereocenters. The Bertz CT molecular complexity index is 2420. The molecular weight excluding hydrogens is 1120 g/mol. The topological polar surface area (TPSA) is 155 Å². The van der Waals surface area contributed by atoms with Gasteiger partial charge in [-0.05, 0) is 165 Å². The fraction of sp³-hybridized carbons (Fsp3) is 0.783. The lowest BCUT2D eigenvalue weighted by atomic mass is 9.79. The van der Waals surface area contributed by atoms with Crippen LogP contribution in [0.25, 0.3) is 0 Å². The van der Waals surface area contributed by atoms with Gasteiger partial charge in [0.1, 0.15) is 42.4 Å². The monoisotopic (exact) mass is 1240 g/mol. The van der Waals surface area contributed by atoms with Crippen molar-refractivity contribution in [2.24, 2.45) is 23.7 Å². The van der Waals surface area contributed by atoms with E-state index in [0.29, 0.717) is 75.7 Å². The van der Waals surface area contributed by atoms with E-state index in [2.05, 4.69) is 142 Å². The van der Waals surface area contributed by atoms with E-state index in [4.69, 9.17) is 41.7 Å². The van der Waals surface area contributed by atoms with Crippen LogP contribution in [0.15, 0.2) is 66.8 Å². The molecule has 0 radical (unpaired) electrons. The van der Waals surface area contributed by atoms with Gasteiger partial charge < -0.3 is 46.8 Å². The van der Waals surface area contributed by atoms with E-state index in [1.54, 1.807) is 12.1 Å². The van der Waals surface area contributed by atoms with Crippen molar-refractivity contribution >= 4 is 42.7 Å². The first-order chi connectivity index (χ1) is 39.3. The van der Waals surface area contributed by atoms with Crippen molar-refractivity contribution in [3.8, 4) is 0 Å². The maximum atomic E-state index is 15.0. The van der Waals surface area contributed by atoms with Crippen molar-refractivity contribution in [3.05, 3.63) is 72.4 Å². The number of fused-ring (bicyclic) bond motifs is 15. The van der Waals surface area contributed by atoms with Crippen LogP contribution >= 0.6 is 0 Å². The van der Waals surface area contributed by atoms with Crippen LogP contribution in [-0.2, 0) is 51.3 Å².